The topological polar surface area (TPSA) is 35.5 Å². The van der Waals surface area contributed by atoms with Gasteiger partial charge >= 0.3 is 5.97 Å². The number of hydrogen-bond acceptors (Lipinski definition) is 3. The van der Waals surface area contributed by atoms with Crippen LogP contribution in [0.15, 0.2) is 24.3 Å². The number of carbonyl (C=O) groups is 1. The summed E-state index contributed by atoms with van der Waals surface area (Å²) in [5.41, 5.74) is 3.83. The summed E-state index contributed by atoms with van der Waals surface area (Å²) in [6.07, 6.45) is 7.16. The third kappa shape index (κ3) is 2.44. The average Bonchev–Trinajstić information content (AvgIpc) is 3.02. The second-order valence-electron chi connectivity index (χ2n) is 11.1. The van der Waals surface area contributed by atoms with Gasteiger partial charge in [-0.15, -0.1) is 0 Å². The summed E-state index contributed by atoms with van der Waals surface area (Å²) in [5, 5.41) is 0. The van der Waals surface area contributed by atoms with Gasteiger partial charge in [0.2, 0.25) is 6.73 Å². The molecule has 1 saturated heterocycles. The molecule has 156 valence electrons. The molecule has 1 aromatic carbocycles. The highest BCUT2D eigenvalue weighted by Gasteiger charge is 2.67. The van der Waals surface area contributed by atoms with E-state index in [1.54, 1.807) is 0 Å². The van der Waals surface area contributed by atoms with Crippen molar-refractivity contribution in [2.75, 3.05) is 20.3 Å². The molecule has 2 heterocycles. The third-order valence-electron chi connectivity index (χ3n) is 8.14. The number of nitrogens with zero attached hydrogens (tertiary/aromatic N) is 1. The molecule has 2 bridgehead atoms. The van der Waals surface area contributed by atoms with E-state index >= 15 is 0 Å². The summed E-state index contributed by atoms with van der Waals surface area (Å²) in [6, 6.07) is 4.96. The van der Waals surface area contributed by atoms with Crippen LogP contribution >= 0.6 is 0 Å². The van der Waals surface area contributed by atoms with Crippen molar-refractivity contribution in [3.63, 3.8) is 0 Å². The van der Waals surface area contributed by atoms with Crippen LogP contribution in [0, 0.1) is 24.2 Å². The maximum Gasteiger partial charge on any atom is 0.315 e. The van der Waals surface area contributed by atoms with Gasteiger partial charge in [0.1, 0.15) is 17.9 Å². The lowest BCUT2D eigenvalue weighted by Gasteiger charge is -2.59. The highest BCUT2D eigenvalue weighted by Crippen LogP contribution is 2.63. The average molecular weight is 397 g/mol. The van der Waals surface area contributed by atoms with E-state index in [0.717, 1.165) is 29.6 Å². The molecule has 29 heavy (non-hydrogen) atoms. The summed E-state index contributed by atoms with van der Waals surface area (Å²) < 4.78 is 13.3. The van der Waals surface area contributed by atoms with Gasteiger partial charge < -0.3 is 9.47 Å². The number of ether oxygens (including phenoxy) is 2. The molecule has 0 N–H and O–H groups in total. The van der Waals surface area contributed by atoms with Crippen molar-refractivity contribution in [3.8, 4) is 5.75 Å². The van der Waals surface area contributed by atoms with Crippen LogP contribution in [-0.4, -0.2) is 42.9 Å². The minimum absolute atomic E-state index is 0.0829. The molecule has 1 aromatic rings. The maximum atomic E-state index is 12.5. The molecular weight excluding hydrogens is 362 g/mol. The molecule has 0 amide bonds. The van der Waals surface area contributed by atoms with Crippen LogP contribution in [0.25, 0.3) is 0 Å². The fourth-order valence-corrected chi connectivity index (χ4v) is 6.49. The number of piperidine rings is 1. The molecule has 4 aliphatic rings. The Morgan fingerprint density at radius 3 is 2.79 bits per heavy atom. The van der Waals surface area contributed by atoms with Gasteiger partial charge in [-0.1, -0.05) is 31.2 Å². The zero-order chi connectivity index (χ0) is 20.8. The summed E-state index contributed by atoms with van der Waals surface area (Å²) in [4.78, 5) is 12.5. The molecular formula is C25H34NO3+. The Kier molecular flexibility index (Phi) is 3.88. The number of quaternary nitrogens is 1. The SMILES string of the molecule is Cc1ccc2c3c1O[C@H]1[C@@H](C)C=C[C@H]4C(C2)[N@@+](C)(COC(=O)C(C)(C)C)CC[C@@]341. The molecule has 4 nitrogen and oxygen atoms in total. The van der Waals surface area contributed by atoms with Crippen molar-refractivity contribution in [1.82, 2.24) is 0 Å². The van der Waals surface area contributed by atoms with E-state index in [1.165, 1.54) is 16.7 Å². The van der Waals surface area contributed by atoms with Crippen molar-refractivity contribution in [2.24, 2.45) is 17.3 Å². The predicted molar refractivity (Wildman–Crippen MR) is 113 cm³/mol. The van der Waals surface area contributed by atoms with Gasteiger partial charge in [0, 0.05) is 30.2 Å². The Hall–Kier alpha value is -1.81. The summed E-state index contributed by atoms with van der Waals surface area (Å²) in [7, 11) is 2.28. The number of benzene rings is 1. The highest BCUT2D eigenvalue weighted by molar-refractivity contribution is 5.75. The largest absolute Gasteiger partial charge is 0.488 e. The fraction of sp³-hybridized carbons (Fsp3) is 0.640. The van der Waals surface area contributed by atoms with Gasteiger partial charge in [-0.3, -0.25) is 9.28 Å². The van der Waals surface area contributed by atoms with Gasteiger partial charge in [0.15, 0.2) is 0 Å². The number of hydrogen-bond donors (Lipinski definition) is 0. The lowest BCUT2D eigenvalue weighted by molar-refractivity contribution is -0.958. The Morgan fingerprint density at radius 2 is 2.07 bits per heavy atom. The van der Waals surface area contributed by atoms with E-state index in [9.17, 15) is 4.79 Å². The first-order valence-electron chi connectivity index (χ1n) is 11.1. The Balaban J connectivity index is 1.57. The third-order valence-corrected chi connectivity index (χ3v) is 8.14. The van der Waals surface area contributed by atoms with E-state index in [-0.39, 0.29) is 17.5 Å². The molecule has 1 fully saturated rings. The van der Waals surface area contributed by atoms with Crippen LogP contribution in [0.2, 0.25) is 0 Å². The molecule has 1 spiro atoms. The first-order valence-corrected chi connectivity index (χ1v) is 11.1. The van der Waals surface area contributed by atoms with Crippen molar-refractivity contribution in [2.45, 2.75) is 65.0 Å². The molecule has 1 unspecified atom stereocenters. The fourth-order valence-electron chi connectivity index (χ4n) is 6.49. The summed E-state index contributed by atoms with van der Waals surface area (Å²) in [6.45, 7) is 11.7. The predicted octanol–water partition coefficient (Wildman–Crippen LogP) is 4.14. The maximum absolute atomic E-state index is 12.5. The van der Waals surface area contributed by atoms with Gasteiger partial charge in [0.25, 0.3) is 0 Å². The van der Waals surface area contributed by atoms with Crippen molar-refractivity contribution >= 4 is 5.97 Å². The molecule has 0 aromatic heterocycles. The van der Waals surface area contributed by atoms with E-state index in [0.29, 0.717) is 24.6 Å². The monoisotopic (exact) mass is 396 g/mol. The van der Waals surface area contributed by atoms with E-state index in [2.05, 4.69) is 45.2 Å². The zero-order valence-electron chi connectivity index (χ0n) is 18.6. The molecule has 6 atom stereocenters. The molecule has 5 rings (SSSR count). The first kappa shape index (κ1) is 19.2. The second-order valence-corrected chi connectivity index (χ2v) is 11.1. The Morgan fingerprint density at radius 1 is 1.31 bits per heavy atom. The molecule has 2 aliphatic carbocycles. The van der Waals surface area contributed by atoms with Gasteiger partial charge in [0.05, 0.1) is 24.4 Å². The normalized spacial score (nSPS) is 39.0. The van der Waals surface area contributed by atoms with Crippen LogP contribution < -0.4 is 4.74 Å². The Labute approximate surface area is 174 Å². The minimum atomic E-state index is -0.466. The number of carbonyl (C=O) groups excluding carboxylic acids is 1. The number of likely N-dealkylation sites (tertiary alicyclic amines) is 1. The van der Waals surface area contributed by atoms with Crippen molar-refractivity contribution < 1.29 is 18.8 Å². The lowest BCUT2D eigenvalue weighted by atomic mass is 9.52. The molecule has 0 saturated carbocycles. The van der Waals surface area contributed by atoms with Crippen LogP contribution in [-0.2, 0) is 21.4 Å². The van der Waals surface area contributed by atoms with Crippen LogP contribution in [0.1, 0.15) is 50.8 Å². The van der Waals surface area contributed by atoms with E-state index < -0.39 is 5.41 Å². The van der Waals surface area contributed by atoms with Crippen molar-refractivity contribution in [1.29, 1.82) is 0 Å². The molecule has 4 heteroatoms. The molecule has 0 radical (unpaired) electrons. The number of likely N-dealkylation sites (N-methyl/N-ethyl adjacent to an activating group) is 1. The van der Waals surface area contributed by atoms with E-state index in [4.69, 9.17) is 9.47 Å². The minimum Gasteiger partial charge on any atom is -0.488 e. The van der Waals surface area contributed by atoms with Crippen molar-refractivity contribution in [3.05, 3.63) is 41.0 Å². The van der Waals surface area contributed by atoms with E-state index in [1.807, 2.05) is 20.8 Å². The lowest BCUT2D eigenvalue weighted by Crippen LogP contribution is -2.71. The van der Waals surface area contributed by atoms with Crippen LogP contribution in [0.5, 0.6) is 5.75 Å². The van der Waals surface area contributed by atoms with Gasteiger partial charge in [-0.2, -0.15) is 0 Å². The van der Waals surface area contributed by atoms with Gasteiger partial charge in [-0.05, 0) is 38.8 Å². The summed E-state index contributed by atoms with van der Waals surface area (Å²) in [5.74, 6) is 1.90. The second kappa shape index (κ2) is 5.87. The summed E-state index contributed by atoms with van der Waals surface area (Å²) >= 11 is 0. The zero-order valence-corrected chi connectivity index (χ0v) is 18.6. The number of esters is 1. The standard InChI is InChI=1S/C25H34NO3/c1-15-7-9-17-13-19-18-10-8-16(2)22-25(18,20(17)21(15)29-22)11-12-26(19,6)14-28-23(27)24(3,4)5/h7-10,16,18-19,22H,11-14H2,1-6H3/q+1/t16-,18-,19?,22-,25-,26+/m0/s1. The quantitative estimate of drug-likeness (QED) is 0.428. The Bertz CT molecular complexity index is 913. The highest BCUT2D eigenvalue weighted by atomic mass is 16.5. The smallest absolute Gasteiger partial charge is 0.315 e. The van der Waals surface area contributed by atoms with Gasteiger partial charge in [-0.25, -0.2) is 0 Å². The van der Waals surface area contributed by atoms with Crippen LogP contribution in [0.4, 0.5) is 0 Å². The molecule has 2 aliphatic heterocycles. The number of aryl methyl sites for hydroxylation is 1. The van der Waals surface area contributed by atoms with Crippen LogP contribution in [0.3, 0.4) is 0 Å². The first-order chi connectivity index (χ1) is 13.6. The number of rotatable bonds is 2.